The zero-order valence-electron chi connectivity index (χ0n) is 17.1. The van der Waals surface area contributed by atoms with Crippen LogP contribution in [0.25, 0.3) is 28.1 Å². The molecule has 2 aromatic carbocycles. The van der Waals surface area contributed by atoms with Gasteiger partial charge in [0, 0.05) is 41.0 Å². The summed E-state index contributed by atoms with van der Waals surface area (Å²) in [6.07, 6.45) is -0.446. The summed E-state index contributed by atoms with van der Waals surface area (Å²) in [7, 11) is 0. The first-order valence-electron chi connectivity index (χ1n) is 10.1. The number of hydrogen-bond donors (Lipinski definition) is 4. The summed E-state index contributed by atoms with van der Waals surface area (Å²) in [6, 6.07) is 14.4. The predicted molar refractivity (Wildman–Crippen MR) is 116 cm³/mol. The number of para-hydroxylation sites is 1. The van der Waals surface area contributed by atoms with Crippen molar-refractivity contribution in [1.29, 1.82) is 0 Å². The van der Waals surface area contributed by atoms with Crippen LogP contribution in [0.15, 0.2) is 54.6 Å². The second-order valence-electron chi connectivity index (χ2n) is 7.78. The van der Waals surface area contributed by atoms with Crippen molar-refractivity contribution in [2.45, 2.75) is 51.2 Å². The number of rotatable bonds is 8. The summed E-state index contributed by atoms with van der Waals surface area (Å²) in [4.78, 5) is 0. The van der Waals surface area contributed by atoms with E-state index in [2.05, 4.69) is 18.4 Å². The number of aliphatic hydroxyl groups excluding tert-OH is 3. The molecule has 1 heterocycles. The van der Waals surface area contributed by atoms with Crippen LogP contribution in [0, 0.1) is 5.82 Å². The van der Waals surface area contributed by atoms with Crippen LogP contribution in [-0.2, 0) is 0 Å². The van der Waals surface area contributed by atoms with E-state index < -0.39 is 18.5 Å². The second kappa shape index (κ2) is 9.53. The van der Waals surface area contributed by atoms with Gasteiger partial charge in [-0.05, 0) is 43.7 Å². The molecule has 3 rings (SSSR count). The van der Waals surface area contributed by atoms with Crippen LogP contribution in [0.3, 0.4) is 0 Å². The fourth-order valence-corrected chi connectivity index (χ4v) is 3.82. The SMILES string of the molecule is CC(C)n1c(/C=C/[C@H](O)C[C@H](O)CC(O)O)c(-c2ccc(F)cc2)c2ccccc21. The maximum absolute atomic E-state index is 13.5. The third-order valence-electron chi connectivity index (χ3n) is 5.07. The zero-order valence-corrected chi connectivity index (χ0v) is 17.1. The Balaban J connectivity index is 2.07. The summed E-state index contributed by atoms with van der Waals surface area (Å²) < 4.78 is 15.7. The Morgan fingerprint density at radius 2 is 1.60 bits per heavy atom. The summed E-state index contributed by atoms with van der Waals surface area (Å²) in [5.74, 6) is -0.307. The van der Waals surface area contributed by atoms with Gasteiger partial charge in [-0.2, -0.15) is 0 Å². The van der Waals surface area contributed by atoms with Crippen LogP contribution in [0.4, 0.5) is 4.39 Å². The van der Waals surface area contributed by atoms with E-state index in [1.165, 1.54) is 12.1 Å². The Morgan fingerprint density at radius 3 is 2.23 bits per heavy atom. The highest BCUT2D eigenvalue weighted by Gasteiger charge is 2.19. The summed E-state index contributed by atoms with van der Waals surface area (Å²) in [5.41, 5.74) is 3.71. The number of hydrogen-bond acceptors (Lipinski definition) is 4. The third kappa shape index (κ3) is 4.96. The molecule has 160 valence electrons. The van der Waals surface area contributed by atoms with Crippen molar-refractivity contribution in [2.75, 3.05) is 0 Å². The molecule has 4 N–H and O–H groups in total. The van der Waals surface area contributed by atoms with Crippen LogP contribution >= 0.6 is 0 Å². The quantitative estimate of drug-likeness (QED) is 0.423. The first-order chi connectivity index (χ1) is 14.3. The topological polar surface area (TPSA) is 85.9 Å². The van der Waals surface area contributed by atoms with E-state index in [-0.39, 0.29) is 24.7 Å². The number of nitrogens with zero attached hydrogens (tertiary/aromatic N) is 1. The zero-order chi connectivity index (χ0) is 21.8. The van der Waals surface area contributed by atoms with Gasteiger partial charge in [-0.3, -0.25) is 0 Å². The molecule has 0 bridgehead atoms. The van der Waals surface area contributed by atoms with Crippen LogP contribution in [0.2, 0.25) is 0 Å². The maximum Gasteiger partial charge on any atom is 0.153 e. The molecule has 3 aromatic rings. The van der Waals surface area contributed by atoms with E-state index in [1.807, 2.05) is 30.3 Å². The van der Waals surface area contributed by atoms with Gasteiger partial charge in [-0.1, -0.05) is 36.4 Å². The molecular formula is C24H28FNO4. The third-order valence-corrected chi connectivity index (χ3v) is 5.07. The number of halogens is 1. The molecule has 0 saturated carbocycles. The minimum absolute atomic E-state index is 0.0120. The van der Waals surface area contributed by atoms with E-state index in [4.69, 9.17) is 10.2 Å². The Labute approximate surface area is 175 Å². The number of benzene rings is 2. The van der Waals surface area contributed by atoms with E-state index in [1.54, 1.807) is 18.2 Å². The van der Waals surface area contributed by atoms with Crippen LogP contribution in [-0.4, -0.2) is 43.5 Å². The largest absolute Gasteiger partial charge is 0.393 e. The molecule has 0 aliphatic heterocycles. The van der Waals surface area contributed by atoms with Crippen molar-refractivity contribution in [3.8, 4) is 11.1 Å². The van der Waals surface area contributed by atoms with Crippen molar-refractivity contribution in [3.05, 3.63) is 66.1 Å². The molecule has 0 unspecified atom stereocenters. The normalized spacial score (nSPS) is 14.3. The highest BCUT2D eigenvalue weighted by Crippen LogP contribution is 2.38. The molecule has 0 spiro atoms. The van der Waals surface area contributed by atoms with Crippen molar-refractivity contribution in [1.82, 2.24) is 4.57 Å². The molecule has 2 atom stereocenters. The van der Waals surface area contributed by atoms with Crippen LogP contribution < -0.4 is 0 Å². The summed E-state index contributed by atoms with van der Waals surface area (Å²) >= 11 is 0. The highest BCUT2D eigenvalue weighted by atomic mass is 19.1. The monoisotopic (exact) mass is 413 g/mol. The standard InChI is InChI=1S/C24H28FNO4/c1-15(2)26-21-6-4-3-5-20(21)24(16-7-9-17(25)10-8-16)22(26)12-11-18(27)13-19(28)14-23(29)30/h3-12,15,18-19,23,27-30H,13-14H2,1-2H3/b12-11+/t18-,19-/m0/s1. The smallest absolute Gasteiger partial charge is 0.153 e. The van der Waals surface area contributed by atoms with Gasteiger partial charge in [0.1, 0.15) is 5.82 Å². The minimum Gasteiger partial charge on any atom is -0.393 e. The molecule has 0 saturated heterocycles. The van der Waals surface area contributed by atoms with Crippen molar-refractivity contribution >= 4 is 17.0 Å². The van der Waals surface area contributed by atoms with Gasteiger partial charge in [0.05, 0.1) is 12.2 Å². The Morgan fingerprint density at radius 1 is 0.933 bits per heavy atom. The fraction of sp³-hybridized carbons (Fsp3) is 0.333. The lowest BCUT2D eigenvalue weighted by Gasteiger charge is -2.16. The minimum atomic E-state index is -1.62. The Hall–Kier alpha value is -2.51. The summed E-state index contributed by atoms with van der Waals surface area (Å²) in [6.45, 7) is 4.14. The van der Waals surface area contributed by atoms with E-state index >= 15 is 0 Å². The molecule has 6 heteroatoms. The predicted octanol–water partition coefficient (Wildman–Crippen LogP) is 3.85. The molecule has 0 aliphatic carbocycles. The van der Waals surface area contributed by atoms with E-state index in [9.17, 15) is 14.6 Å². The average Bonchev–Trinajstić information content (AvgIpc) is 3.00. The molecule has 0 aliphatic rings. The summed E-state index contributed by atoms with van der Waals surface area (Å²) in [5, 5.41) is 39.1. The number of aliphatic hydroxyl groups is 4. The fourth-order valence-electron chi connectivity index (χ4n) is 3.82. The second-order valence-corrected chi connectivity index (χ2v) is 7.78. The van der Waals surface area contributed by atoms with Gasteiger partial charge in [-0.25, -0.2) is 4.39 Å². The molecule has 5 nitrogen and oxygen atoms in total. The molecule has 0 radical (unpaired) electrons. The Bertz CT molecular complexity index is 1010. The van der Waals surface area contributed by atoms with Gasteiger partial charge in [0.25, 0.3) is 0 Å². The van der Waals surface area contributed by atoms with Crippen molar-refractivity contribution < 1.29 is 24.8 Å². The molecule has 1 aromatic heterocycles. The van der Waals surface area contributed by atoms with Crippen LogP contribution in [0.1, 0.15) is 38.4 Å². The first kappa shape index (κ1) is 22.2. The van der Waals surface area contributed by atoms with Crippen molar-refractivity contribution in [3.63, 3.8) is 0 Å². The van der Waals surface area contributed by atoms with Gasteiger partial charge < -0.3 is 25.0 Å². The lowest BCUT2D eigenvalue weighted by atomic mass is 10.0. The lowest BCUT2D eigenvalue weighted by Crippen LogP contribution is -2.21. The van der Waals surface area contributed by atoms with E-state index in [0.29, 0.717) is 0 Å². The Kier molecular flexibility index (Phi) is 7.05. The van der Waals surface area contributed by atoms with Gasteiger partial charge in [0.2, 0.25) is 0 Å². The number of fused-ring (bicyclic) bond motifs is 1. The number of aromatic nitrogens is 1. The molecule has 0 fully saturated rings. The lowest BCUT2D eigenvalue weighted by molar-refractivity contribution is -0.0739. The van der Waals surface area contributed by atoms with Gasteiger partial charge >= 0.3 is 0 Å². The van der Waals surface area contributed by atoms with Crippen LogP contribution in [0.5, 0.6) is 0 Å². The van der Waals surface area contributed by atoms with Gasteiger partial charge in [-0.15, -0.1) is 0 Å². The van der Waals surface area contributed by atoms with Crippen molar-refractivity contribution in [2.24, 2.45) is 0 Å². The van der Waals surface area contributed by atoms with Gasteiger partial charge in [0.15, 0.2) is 6.29 Å². The molecule has 30 heavy (non-hydrogen) atoms. The molecular weight excluding hydrogens is 385 g/mol. The molecule has 0 amide bonds. The first-order valence-corrected chi connectivity index (χ1v) is 10.1. The average molecular weight is 413 g/mol. The highest BCUT2D eigenvalue weighted by molar-refractivity contribution is 6.01. The maximum atomic E-state index is 13.5. The van der Waals surface area contributed by atoms with E-state index in [0.717, 1.165) is 27.7 Å².